The Morgan fingerprint density at radius 1 is 1.27 bits per heavy atom. The third kappa shape index (κ3) is 2.76. The molecular weight excluding hydrogens is 342 g/mol. The van der Waals surface area contributed by atoms with Crippen molar-refractivity contribution in [2.24, 2.45) is 0 Å². The number of nitrogens with two attached hydrogens (primary N) is 1. The van der Waals surface area contributed by atoms with Gasteiger partial charge in [-0.15, -0.1) is 10.2 Å². The molecule has 6 heteroatoms. The van der Waals surface area contributed by atoms with Crippen LogP contribution >= 0.6 is 43.2 Å². The van der Waals surface area contributed by atoms with Crippen LogP contribution in [0, 0.1) is 0 Å². The van der Waals surface area contributed by atoms with Crippen molar-refractivity contribution in [2.45, 2.75) is 6.42 Å². The number of nitrogens with zero attached hydrogens (tertiary/aromatic N) is 2. The van der Waals surface area contributed by atoms with E-state index in [1.807, 2.05) is 12.1 Å². The van der Waals surface area contributed by atoms with Gasteiger partial charge in [-0.2, -0.15) is 0 Å². The zero-order valence-corrected chi connectivity index (χ0v) is 11.6. The van der Waals surface area contributed by atoms with Crippen LogP contribution in [0.15, 0.2) is 27.1 Å². The van der Waals surface area contributed by atoms with Gasteiger partial charge < -0.3 is 5.73 Å². The monoisotopic (exact) mass is 347 g/mol. The van der Waals surface area contributed by atoms with Gasteiger partial charge in [0.1, 0.15) is 5.01 Å². The van der Waals surface area contributed by atoms with E-state index in [4.69, 9.17) is 5.73 Å². The van der Waals surface area contributed by atoms with Crippen LogP contribution in [0.2, 0.25) is 0 Å². The highest BCUT2D eigenvalue weighted by Crippen LogP contribution is 2.25. The minimum atomic E-state index is 0.510. The number of benzene rings is 1. The Kier molecular flexibility index (Phi) is 3.38. The summed E-state index contributed by atoms with van der Waals surface area (Å²) in [5.74, 6) is 0. The van der Waals surface area contributed by atoms with Crippen molar-refractivity contribution in [1.82, 2.24) is 10.2 Å². The van der Waals surface area contributed by atoms with Gasteiger partial charge in [0, 0.05) is 15.4 Å². The van der Waals surface area contributed by atoms with E-state index in [0.717, 1.165) is 20.4 Å². The number of hydrogen-bond acceptors (Lipinski definition) is 4. The van der Waals surface area contributed by atoms with Crippen molar-refractivity contribution in [3.63, 3.8) is 0 Å². The lowest BCUT2D eigenvalue weighted by Gasteiger charge is -2.01. The molecular formula is C9H7Br2N3S. The molecule has 0 aliphatic rings. The van der Waals surface area contributed by atoms with Gasteiger partial charge in [-0.3, -0.25) is 0 Å². The molecule has 2 rings (SSSR count). The average Bonchev–Trinajstić information content (AvgIpc) is 2.58. The third-order valence-corrected chi connectivity index (χ3v) is 3.85. The number of rotatable bonds is 2. The number of halogens is 2. The maximum atomic E-state index is 5.52. The molecule has 0 saturated heterocycles. The lowest BCUT2D eigenvalue weighted by atomic mass is 10.2. The fourth-order valence-electron chi connectivity index (χ4n) is 1.18. The summed E-state index contributed by atoms with van der Waals surface area (Å²) in [7, 11) is 0. The van der Waals surface area contributed by atoms with E-state index in [2.05, 4.69) is 48.1 Å². The number of hydrogen-bond donors (Lipinski definition) is 1. The van der Waals surface area contributed by atoms with Crippen LogP contribution in [0.1, 0.15) is 10.6 Å². The number of nitrogen functional groups attached to an aromatic ring is 1. The molecule has 1 aromatic heterocycles. The molecule has 0 saturated carbocycles. The van der Waals surface area contributed by atoms with Gasteiger partial charge in [0.15, 0.2) is 0 Å². The molecule has 0 atom stereocenters. The maximum absolute atomic E-state index is 5.52. The first kappa shape index (κ1) is 11.0. The Labute approximate surface area is 108 Å². The highest BCUT2D eigenvalue weighted by Gasteiger charge is 2.06. The Morgan fingerprint density at radius 2 is 2.07 bits per heavy atom. The molecule has 2 aromatic rings. The van der Waals surface area contributed by atoms with E-state index in [9.17, 15) is 0 Å². The van der Waals surface area contributed by atoms with Crippen molar-refractivity contribution in [2.75, 3.05) is 5.73 Å². The van der Waals surface area contributed by atoms with Gasteiger partial charge in [-0.1, -0.05) is 43.2 Å². The maximum Gasteiger partial charge on any atom is 0.203 e. The van der Waals surface area contributed by atoms with Gasteiger partial charge in [-0.05, 0) is 23.8 Å². The van der Waals surface area contributed by atoms with E-state index in [0.29, 0.717) is 5.13 Å². The minimum absolute atomic E-state index is 0.510. The lowest BCUT2D eigenvalue weighted by Crippen LogP contribution is -1.89. The quantitative estimate of drug-likeness (QED) is 0.906. The van der Waals surface area contributed by atoms with Crippen LogP contribution in [-0.2, 0) is 6.42 Å². The molecule has 0 amide bonds. The highest BCUT2D eigenvalue weighted by atomic mass is 79.9. The highest BCUT2D eigenvalue weighted by molar-refractivity contribution is 9.11. The second kappa shape index (κ2) is 4.59. The van der Waals surface area contributed by atoms with E-state index in [1.165, 1.54) is 16.9 Å². The molecule has 0 spiro atoms. The first-order valence-electron chi connectivity index (χ1n) is 4.17. The average molecular weight is 349 g/mol. The first-order valence-corrected chi connectivity index (χ1v) is 6.57. The molecule has 0 bridgehead atoms. The topological polar surface area (TPSA) is 51.8 Å². The van der Waals surface area contributed by atoms with Crippen molar-refractivity contribution < 1.29 is 0 Å². The van der Waals surface area contributed by atoms with Crippen LogP contribution in [0.5, 0.6) is 0 Å². The van der Waals surface area contributed by atoms with Crippen LogP contribution in [0.25, 0.3) is 0 Å². The fraction of sp³-hybridized carbons (Fsp3) is 0.111. The zero-order chi connectivity index (χ0) is 10.8. The Morgan fingerprint density at radius 3 is 2.73 bits per heavy atom. The molecule has 3 nitrogen and oxygen atoms in total. The van der Waals surface area contributed by atoms with E-state index >= 15 is 0 Å². The van der Waals surface area contributed by atoms with Gasteiger partial charge >= 0.3 is 0 Å². The SMILES string of the molecule is Nc1nnc(Cc2cc(Br)ccc2Br)s1. The van der Waals surface area contributed by atoms with E-state index < -0.39 is 0 Å². The summed E-state index contributed by atoms with van der Waals surface area (Å²) >= 11 is 8.35. The predicted molar refractivity (Wildman–Crippen MR) is 69.0 cm³/mol. The minimum Gasteiger partial charge on any atom is -0.374 e. The number of anilines is 1. The third-order valence-electron chi connectivity index (χ3n) is 1.83. The summed E-state index contributed by atoms with van der Waals surface area (Å²) in [6.07, 6.45) is 0.745. The first-order chi connectivity index (χ1) is 7.15. The molecule has 1 heterocycles. The second-order valence-corrected chi connectivity index (χ2v) is 5.81. The van der Waals surface area contributed by atoms with Crippen LogP contribution in [0.3, 0.4) is 0 Å². The molecule has 1 aromatic carbocycles. The zero-order valence-electron chi connectivity index (χ0n) is 7.58. The summed E-state index contributed by atoms with van der Waals surface area (Å²) in [5.41, 5.74) is 6.69. The molecule has 0 unspecified atom stereocenters. The van der Waals surface area contributed by atoms with Crippen molar-refractivity contribution >= 4 is 48.3 Å². The molecule has 0 aliphatic heterocycles. The van der Waals surface area contributed by atoms with Crippen LogP contribution < -0.4 is 5.73 Å². The largest absolute Gasteiger partial charge is 0.374 e. The van der Waals surface area contributed by atoms with Crippen LogP contribution in [-0.4, -0.2) is 10.2 Å². The molecule has 0 radical (unpaired) electrons. The van der Waals surface area contributed by atoms with Gasteiger partial charge in [0.2, 0.25) is 5.13 Å². The standard InChI is InChI=1S/C9H7Br2N3S/c10-6-1-2-7(11)5(3-6)4-8-13-14-9(12)15-8/h1-3H,4H2,(H2,12,14). The second-order valence-electron chi connectivity index (χ2n) is 2.95. The normalized spacial score (nSPS) is 10.5. The summed E-state index contributed by atoms with van der Waals surface area (Å²) in [5, 5.41) is 9.21. The predicted octanol–water partition coefficient (Wildman–Crippen LogP) is 3.24. The summed E-state index contributed by atoms with van der Waals surface area (Å²) < 4.78 is 2.12. The molecule has 2 N–H and O–H groups in total. The van der Waals surface area contributed by atoms with Crippen molar-refractivity contribution in [3.8, 4) is 0 Å². The summed E-state index contributed by atoms with van der Waals surface area (Å²) in [6, 6.07) is 6.05. The van der Waals surface area contributed by atoms with E-state index in [-0.39, 0.29) is 0 Å². The smallest absolute Gasteiger partial charge is 0.203 e. The Balaban J connectivity index is 2.27. The molecule has 78 valence electrons. The number of aromatic nitrogens is 2. The van der Waals surface area contributed by atoms with Crippen molar-refractivity contribution in [3.05, 3.63) is 37.7 Å². The van der Waals surface area contributed by atoms with Gasteiger partial charge in [-0.25, -0.2) is 0 Å². The molecule has 0 fully saturated rings. The van der Waals surface area contributed by atoms with E-state index in [1.54, 1.807) is 0 Å². The summed E-state index contributed by atoms with van der Waals surface area (Å²) in [4.78, 5) is 0. The summed E-state index contributed by atoms with van der Waals surface area (Å²) in [6.45, 7) is 0. The molecule has 0 aliphatic carbocycles. The van der Waals surface area contributed by atoms with Crippen LogP contribution in [0.4, 0.5) is 5.13 Å². The van der Waals surface area contributed by atoms with Crippen molar-refractivity contribution in [1.29, 1.82) is 0 Å². The van der Waals surface area contributed by atoms with Gasteiger partial charge in [0.25, 0.3) is 0 Å². The lowest BCUT2D eigenvalue weighted by molar-refractivity contribution is 1.00. The van der Waals surface area contributed by atoms with Gasteiger partial charge in [0.05, 0.1) is 0 Å². The Hall–Kier alpha value is -0.460. The fourth-order valence-corrected chi connectivity index (χ4v) is 2.61. The molecule has 15 heavy (non-hydrogen) atoms. The Bertz CT molecular complexity index is 484.